The van der Waals surface area contributed by atoms with Crippen molar-refractivity contribution in [1.82, 2.24) is 15.2 Å². The van der Waals surface area contributed by atoms with Gasteiger partial charge in [-0.1, -0.05) is 12.1 Å². The molecular weight excluding hydrogens is 287 g/mol. The van der Waals surface area contributed by atoms with Gasteiger partial charge in [-0.3, -0.25) is 10.5 Å². The summed E-state index contributed by atoms with van der Waals surface area (Å²) >= 11 is 3.22. The number of hydrogen-bond acceptors (Lipinski definition) is 3. The quantitative estimate of drug-likeness (QED) is 0.672. The summed E-state index contributed by atoms with van der Waals surface area (Å²) in [6.45, 7) is 0. The molecule has 1 heterocycles. The second-order valence-electron chi connectivity index (χ2n) is 3.66. The van der Waals surface area contributed by atoms with E-state index in [-0.39, 0.29) is 11.9 Å². The molecule has 90 valence electrons. The van der Waals surface area contributed by atoms with Gasteiger partial charge in [-0.05, 0) is 33.6 Å². The largest absolute Gasteiger partial charge is 0.275 e. The van der Waals surface area contributed by atoms with Crippen LogP contribution < -0.4 is 11.3 Å². The van der Waals surface area contributed by atoms with Crippen LogP contribution in [0.5, 0.6) is 0 Å². The number of benzene rings is 1. The Morgan fingerprint density at radius 2 is 2.24 bits per heavy atom. The van der Waals surface area contributed by atoms with Crippen molar-refractivity contribution in [3.05, 3.63) is 52.0 Å². The summed E-state index contributed by atoms with van der Waals surface area (Å²) in [6.07, 6.45) is 1.81. The first-order valence-corrected chi connectivity index (χ1v) is 5.82. The predicted molar refractivity (Wildman–Crippen MR) is 66.5 cm³/mol. The van der Waals surface area contributed by atoms with Crippen molar-refractivity contribution in [2.24, 2.45) is 12.9 Å². The van der Waals surface area contributed by atoms with Crippen molar-refractivity contribution in [3.8, 4) is 0 Å². The topological polar surface area (TPSA) is 55.9 Å². The van der Waals surface area contributed by atoms with Crippen LogP contribution in [0.15, 0.2) is 34.9 Å². The fourth-order valence-corrected chi connectivity index (χ4v) is 2.16. The van der Waals surface area contributed by atoms with E-state index in [1.54, 1.807) is 16.8 Å². The Bertz CT molecular complexity index is 526. The zero-order chi connectivity index (χ0) is 12.4. The van der Waals surface area contributed by atoms with Crippen LogP contribution in [-0.4, -0.2) is 9.78 Å². The Morgan fingerprint density at radius 1 is 1.47 bits per heavy atom. The standard InChI is InChI=1S/C11H12BrFN4/c1-17-6-5-9(16-17)11(15-14)7-3-2-4-8(13)10(7)12/h2-6,11,15H,14H2,1H3. The van der Waals surface area contributed by atoms with Crippen LogP contribution in [-0.2, 0) is 7.05 Å². The smallest absolute Gasteiger partial charge is 0.137 e. The van der Waals surface area contributed by atoms with Crippen LogP contribution in [0.2, 0.25) is 0 Å². The number of rotatable bonds is 3. The minimum Gasteiger partial charge on any atom is -0.275 e. The van der Waals surface area contributed by atoms with Crippen molar-refractivity contribution in [2.45, 2.75) is 6.04 Å². The molecule has 0 aliphatic heterocycles. The lowest BCUT2D eigenvalue weighted by atomic mass is 10.0. The van der Waals surface area contributed by atoms with Gasteiger partial charge in [-0.2, -0.15) is 5.10 Å². The van der Waals surface area contributed by atoms with Gasteiger partial charge >= 0.3 is 0 Å². The summed E-state index contributed by atoms with van der Waals surface area (Å²) in [5.41, 5.74) is 4.09. The average Bonchev–Trinajstić information content (AvgIpc) is 2.72. The fraction of sp³-hybridized carbons (Fsp3) is 0.182. The molecule has 4 nitrogen and oxygen atoms in total. The second kappa shape index (κ2) is 4.95. The van der Waals surface area contributed by atoms with Crippen LogP contribution in [0.4, 0.5) is 4.39 Å². The third-order valence-corrected chi connectivity index (χ3v) is 3.33. The number of nitrogens with one attached hydrogen (secondary N) is 1. The van der Waals surface area contributed by atoms with Crippen molar-refractivity contribution in [3.63, 3.8) is 0 Å². The van der Waals surface area contributed by atoms with Gasteiger partial charge in [-0.25, -0.2) is 9.82 Å². The number of aromatic nitrogens is 2. The first-order chi connectivity index (χ1) is 8.13. The molecule has 0 aliphatic carbocycles. The van der Waals surface area contributed by atoms with E-state index in [2.05, 4.69) is 26.5 Å². The van der Waals surface area contributed by atoms with Crippen molar-refractivity contribution >= 4 is 15.9 Å². The lowest BCUT2D eigenvalue weighted by Gasteiger charge is -2.15. The fourth-order valence-electron chi connectivity index (χ4n) is 1.66. The average molecular weight is 299 g/mol. The van der Waals surface area contributed by atoms with E-state index in [0.29, 0.717) is 10.0 Å². The van der Waals surface area contributed by atoms with Crippen molar-refractivity contribution in [1.29, 1.82) is 0 Å². The van der Waals surface area contributed by atoms with Crippen LogP contribution in [0.1, 0.15) is 17.3 Å². The maximum absolute atomic E-state index is 13.5. The zero-order valence-corrected chi connectivity index (χ0v) is 10.8. The SMILES string of the molecule is Cn1ccc(C(NN)c2cccc(F)c2Br)n1. The van der Waals surface area contributed by atoms with Crippen LogP contribution in [0.25, 0.3) is 0 Å². The van der Waals surface area contributed by atoms with Gasteiger partial charge in [0.1, 0.15) is 5.82 Å². The van der Waals surface area contributed by atoms with Gasteiger partial charge in [0.05, 0.1) is 16.2 Å². The Morgan fingerprint density at radius 3 is 2.82 bits per heavy atom. The van der Waals surface area contributed by atoms with E-state index >= 15 is 0 Å². The molecule has 0 aliphatic rings. The summed E-state index contributed by atoms with van der Waals surface area (Å²) in [7, 11) is 1.82. The number of halogens is 2. The molecular formula is C11H12BrFN4. The minimum absolute atomic E-state index is 0.321. The molecule has 0 spiro atoms. The molecule has 0 amide bonds. The molecule has 0 radical (unpaired) electrons. The molecule has 1 atom stereocenters. The van der Waals surface area contributed by atoms with E-state index < -0.39 is 0 Å². The highest BCUT2D eigenvalue weighted by atomic mass is 79.9. The van der Waals surface area contributed by atoms with Crippen LogP contribution in [0.3, 0.4) is 0 Å². The van der Waals surface area contributed by atoms with Crippen LogP contribution in [0, 0.1) is 5.82 Å². The highest BCUT2D eigenvalue weighted by Crippen LogP contribution is 2.29. The zero-order valence-electron chi connectivity index (χ0n) is 9.19. The maximum Gasteiger partial charge on any atom is 0.137 e. The normalized spacial score (nSPS) is 12.7. The Labute approximate surface area is 107 Å². The van der Waals surface area contributed by atoms with Gasteiger partial charge in [0.25, 0.3) is 0 Å². The number of nitrogens with two attached hydrogens (primary N) is 1. The number of aryl methyl sites for hydroxylation is 1. The summed E-state index contributed by atoms with van der Waals surface area (Å²) in [6, 6.07) is 6.32. The molecule has 3 N–H and O–H groups in total. The van der Waals surface area contributed by atoms with E-state index in [4.69, 9.17) is 5.84 Å². The monoisotopic (exact) mass is 298 g/mol. The Hall–Kier alpha value is -1.24. The molecule has 0 saturated heterocycles. The molecule has 1 aromatic heterocycles. The van der Waals surface area contributed by atoms with Gasteiger partial charge in [0.2, 0.25) is 0 Å². The first-order valence-electron chi connectivity index (χ1n) is 5.03. The predicted octanol–water partition coefficient (Wildman–Crippen LogP) is 1.87. The molecule has 2 aromatic rings. The van der Waals surface area contributed by atoms with Gasteiger partial charge < -0.3 is 0 Å². The lowest BCUT2D eigenvalue weighted by Crippen LogP contribution is -2.29. The van der Waals surface area contributed by atoms with Gasteiger partial charge in [-0.15, -0.1) is 0 Å². The Balaban J connectivity index is 2.45. The van der Waals surface area contributed by atoms with E-state index in [0.717, 1.165) is 5.69 Å². The highest BCUT2D eigenvalue weighted by molar-refractivity contribution is 9.10. The number of hydrazine groups is 1. The molecule has 1 aromatic carbocycles. The summed E-state index contributed by atoms with van der Waals surface area (Å²) in [5.74, 6) is 5.20. The number of nitrogens with zero attached hydrogens (tertiary/aromatic N) is 2. The molecule has 1 unspecified atom stereocenters. The Kier molecular flexibility index (Phi) is 3.56. The summed E-state index contributed by atoms with van der Waals surface area (Å²) in [4.78, 5) is 0. The maximum atomic E-state index is 13.5. The summed E-state index contributed by atoms with van der Waals surface area (Å²) < 4.78 is 15.5. The van der Waals surface area contributed by atoms with Crippen molar-refractivity contribution < 1.29 is 4.39 Å². The molecule has 0 bridgehead atoms. The third kappa shape index (κ3) is 2.38. The van der Waals surface area contributed by atoms with Gasteiger partial charge in [0.15, 0.2) is 0 Å². The van der Waals surface area contributed by atoms with Gasteiger partial charge in [0, 0.05) is 13.2 Å². The third-order valence-electron chi connectivity index (χ3n) is 2.49. The molecule has 0 fully saturated rings. The molecule has 6 heteroatoms. The van der Waals surface area contributed by atoms with Crippen molar-refractivity contribution in [2.75, 3.05) is 0 Å². The molecule has 0 saturated carbocycles. The highest BCUT2D eigenvalue weighted by Gasteiger charge is 2.19. The summed E-state index contributed by atoms with van der Waals surface area (Å²) in [5, 5.41) is 4.26. The first kappa shape index (κ1) is 12.2. The number of hydrogen-bond donors (Lipinski definition) is 2. The molecule has 17 heavy (non-hydrogen) atoms. The second-order valence-corrected chi connectivity index (χ2v) is 4.45. The van der Waals surface area contributed by atoms with E-state index in [1.807, 2.05) is 19.3 Å². The lowest BCUT2D eigenvalue weighted by molar-refractivity contribution is 0.582. The van der Waals surface area contributed by atoms with Crippen LogP contribution >= 0.6 is 15.9 Å². The molecule has 2 rings (SSSR count). The van der Waals surface area contributed by atoms with E-state index in [1.165, 1.54) is 6.07 Å². The van der Waals surface area contributed by atoms with E-state index in [9.17, 15) is 4.39 Å². The minimum atomic E-state index is -0.346.